The van der Waals surface area contributed by atoms with E-state index in [-0.39, 0.29) is 35.7 Å². The summed E-state index contributed by atoms with van der Waals surface area (Å²) in [6.07, 6.45) is 3.95. The number of carbonyl (C=O) groups excluding carboxylic acids is 1. The molecule has 1 unspecified atom stereocenters. The summed E-state index contributed by atoms with van der Waals surface area (Å²) in [4.78, 5) is 22.1. The van der Waals surface area contributed by atoms with Crippen molar-refractivity contribution in [3.05, 3.63) is 71.9 Å². The third-order valence-electron chi connectivity index (χ3n) is 6.35. The van der Waals surface area contributed by atoms with Crippen molar-refractivity contribution in [2.75, 3.05) is 50.1 Å². The van der Waals surface area contributed by atoms with Crippen LogP contribution >= 0.6 is 0 Å². The fourth-order valence-corrected chi connectivity index (χ4v) is 5.74. The summed E-state index contributed by atoms with van der Waals surface area (Å²) in [6.45, 7) is 5.21. The zero-order valence-electron chi connectivity index (χ0n) is 21.5. The Morgan fingerprint density at radius 2 is 1.92 bits per heavy atom. The number of rotatable bonds is 9. The maximum Gasteiger partial charge on any atom is 0.251 e. The van der Waals surface area contributed by atoms with Crippen LogP contribution in [-0.4, -0.2) is 74.5 Å². The quantitative estimate of drug-likeness (QED) is 0.397. The molecular weight excluding hydrogens is 511 g/mol. The average Bonchev–Trinajstić information content (AvgIpc) is 2.91. The zero-order valence-corrected chi connectivity index (χ0v) is 22.3. The molecule has 202 valence electrons. The zero-order chi connectivity index (χ0) is 27.3. The molecule has 0 aliphatic carbocycles. The van der Waals surface area contributed by atoms with Crippen LogP contribution in [0.3, 0.4) is 0 Å². The van der Waals surface area contributed by atoms with Gasteiger partial charge in [-0.1, -0.05) is 17.7 Å². The van der Waals surface area contributed by atoms with Gasteiger partial charge in [-0.3, -0.25) is 9.78 Å². The van der Waals surface area contributed by atoms with E-state index in [0.29, 0.717) is 36.7 Å². The third-order valence-corrected chi connectivity index (χ3v) is 8.18. The van der Waals surface area contributed by atoms with Crippen molar-refractivity contribution in [1.29, 1.82) is 0 Å². The number of hydrogen-bond donors (Lipinski definition) is 2. The first-order chi connectivity index (χ1) is 18.2. The minimum atomic E-state index is -3.86. The molecule has 1 aliphatic rings. The molecule has 12 heteroatoms. The van der Waals surface area contributed by atoms with Gasteiger partial charge >= 0.3 is 0 Å². The van der Waals surface area contributed by atoms with Crippen LogP contribution in [0.4, 0.5) is 15.9 Å². The Morgan fingerprint density at radius 1 is 1.16 bits per heavy atom. The fourth-order valence-electron chi connectivity index (χ4n) is 4.27. The van der Waals surface area contributed by atoms with Gasteiger partial charge in [-0.25, -0.2) is 17.8 Å². The number of sulfonamides is 1. The number of halogens is 1. The lowest BCUT2D eigenvalue weighted by Crippen LogP contribution is -2.53. The van der Waals surface area contributed by atoms with Crippen LogP contribution in [0.5, 0.6) is 5.75 Å². The minimum absolute atomic E-state index is 0.00307. The maximum atomic E-state index is 14.2. The monoisotopic (exact) mass is 542 g/mol. The molecule has 2 aromatic heterocycles. The molecule has 3 aromatic rings. The Labute approximate surface area is 221 Å². The predicted octanol–water partition coefficient (Wildman–Crippen LogP) is 2.67. The Hall–Kier alpha value is -3.77. The van der Waals surface area contributed by atoms with Crippen LogP contribution in [0.2, 0.25) is 0 Å². The highest BCUT2D eigenvalue weighted by atomic mass is 32.2. The number of pyridine rings is 2. The van der Waals surface area contributed by atoms with Crippen molar-refractivity contribution in [3.8, 4) is 5.75 Å². The van der Waals surface area contributed by atoms with E-state index in [4.69, 9.17) is 4.74 Å². The van der Waals surface area contributed by atoms with E-state index in [1.54, 1.807) is 18.2 Å². The number of ether oxygens (including phenoxy) is 1. The number of methoxy groups -OCH3 is 1. The number of piperazine rings is 1. The lowest BCUT2D eigenvalue weighted by Gasteiger charge is -2.40. The Balaban J connectivity index is 1.37. The summed E-state index contributed by atoms with van der Waals surface area (Å²) in [5.41, 5.74) is 2.05. The average molecular weight is 543 g/mol. The first-order valence-corrected chi connectivity index (χ1v) is 13.6. The van der Waals surface area contributed by atoms with Crippen molar-refractivity contribution in [3.63, 3.8) is 0 Å². The number of nitrogens with zero attached hydrogens (tertiary/aromatic N) is 4. The summed E-state index contributed by atoms with van der Waals surface area (Å²) in [5.74, 6) is 0.000389. The number of carbonyl (C=O) groups is 1. The summed E-state index contributed by atoms with van der Waals surface area (Å²) < 4.78 is 47.7. The summed E-state index contributed by atoms with van der Waals surface area (Å²) in [7, 11) is -2.42. The summed E-state index contributed by atoms with van der Waals surface area (Å²) in [5, 5.41) is 5.89. The summed E-state index contributed by atoms with van der Waals surface area (Å²) in [6, 6.07) is 10.0. The van der Waals surface area contributed by atoms with Gasteiger partial charge in [-0.2, -0.15) is 4.31 Å². The standard InChI is InChI=1S/C26H31FN6O4S/c1-18-4-6-20(7-5-18)26(34)30-11-10-29-25-24(37-3)14-21(15-31-25)38(35,36)32-12-13-33(19(2)17-32)23-8-9-28-16-22(23)27/h4-9,14-16,19H,10-13,17H2,1-3H3,(H,29,31)(H,30,34). The van der Waals surface area contributed by atoms with Crippen LogP contribution in [-0.2, 0) is 10.0 Å². The highest BCUT2D eigenvalue weighted by Crippen LogP contribution is 2.29. The van der Waals surface area contributed by atoms with Crippen LogP contribution in [0, 0.1) is 12.7 Å². The van der Waals surface area contributed by atoms with Gasteiger partial charge in [0.2, 0.25) is 10.0 Å². The highest BCUT2D eigenvalue weighted by molar-refractivity contribution is 7.89. The third kappa shape index (κ3) is 6.03. The molecule has 0 saturated carbocycles. The molecule has 1 fully saturated rings. The molecular formula is C26H31FN6O4S. The molecule has 0 radical (unpaired) electrons. The van der Waals surface area contributed by atoms with Crippen molar-refractivity contribution in [2.45, 2.75) is 24.8 Å². The Kier molecular flexibility index (Phi) is 8.42. The molecule has 3 heterocycles. The first-order valence-electron chi connectivity index (χ1n) is 12.2. The van der Waals surface area contributed by atoms with Gasteiger partial charge in [-0.05, 0) is 32.0 Å². The van der Waals surface area contributed by atoms with Crippen LogP contribution < -0.4 is 20.3 Å². The molecule has 10 nitrogen and oxygen atoms in total. The molecule has 1 saturated heterocycles. The number of aryl methyl sites for hydroxylation is 1. The Bertz CT molecular complexity index is 1390. The van der Waals surface area contributed by atoms with Gasteiger partial charge in [0.1, 0.15) is 4.90 Å². The van der Waals surface area contributed by atoms with Crippen LogP contribution in [0.15, 0.2) is 59.9 Å². The molecule has 1 aliphatic heterocycles. The van der Waals surface area contributed by atoms with Gasteiger partial charge in [0, 0.05) is 62.8 Å². The van der Waals surface area contributed by atoms with Crippen molar-refractivity contribution >= 4 is 27.4 Å². The minimum Gasteiger partial charge on any atom is -0.493 e. The second-order valence-corrected chi connectivity index (χ2v) is 10.9. The van der Waals surface area contributed by atoms with E-state index < -0.39 is 15.8 Å². The molecule has 1 aromatic carbocycles. The predicted molar refractivity (Wildman–Crippen MR) is 143 cm³/mol. The number of aromatic nitrogens is 2. The van der Waals surface area contributed by atoms with Crippen molar-refractivity contribution in [1.82, 2.24) is 19.6 Å². The summed E-state index contributed by atoms with van der Waals surface area (Å²) >= 11 is 0. The largest absolute Gasteiger partial charge is 0.493 e. The number of hydrogen-bond acceptors (Lipinski definition) is 8. The lowest BCUT2D eigenvalue weighted by atomic mass is 10.1. The molecule has 1 atom stereocenters. The second-order valence-electron chi connectivity index (χ2n) is 9.00. The molecule has 1 amide bonds. The maximum absolute atomic E-state index is 14.2. The number of benzene rings is 1. The van der Waals surface area contributed by atoms with E-state index in [1.807, 2.05) is 30.9 Å². The molecule has 2 N–H and O–H groups in total. The van der Waals surface area contributed by atoms with E-state index in [1.165, 1.54) is 29.9 Å². The second kappa shape index (κ2) is 11.7. The van der Waals surface area contributed by atoms with Gasteiger partial charge in [0.25, 0.3) is 5.91 Å². The Morgan fingerprint density at radius 3 is 2.61 bits per heavy atom. The fraction of sp³-hybridized carbons (Fsp3) is 0.346. The van der Waals surface area contributed by atoms with Gasteiger partial charge in [0.15, 0.2) is 17.4 Å². The highest BCUT2D eigenvalue weighted by Gasteiger charge is 2.34. The number of nitrogens with one attached hydrogen (secondary N) is 2. The molecule has 0 bridgehead atoms. The molecule has 0 spiro atoms. The number of anilines is 2. The van der Waals surface area contributed by atoms with E-state index in [2.05, 4.69) is 20.6 Å². The van der Waals surface area contributed by atoms with E-state index in [9.17, 15) is 17.6 Å². The number of amides is 1. The van der Waals surface area contributed by atoms with E-state index >= 15 is 0 Å². The van der Waals surface area contributed by atoms with Crippen molar-refractivity contribution in [2.24, 2.45) is 0 Å². The SMILES string of the molecule is COc1cc(S(=O)(=O)N2CCN(c3ccncc3F)C(C)C2)cnc1NCCNC(=O)c1ccc(C)cc1. The topological polar surface area (TPSA) is 117 Å². The van der Waals surface area contributed by atoms with Gasteiger partial charge in [-0.15, -0.1) is 0 Å². The molecule has 38 heavy (non-hydrogen) atoms. The van der Waals surface area contributed by atoms with Crippen LogP contribution in [0.25, 0.3) is 0 Å². The van der Waals surface area contributed by atoms with E-state index in [0.717, 1.165) is 11.8 Å². The normalized spacial score (nSPS) is 16.2. The van der Waals surface area contributed by atoms with Gasteiger partial charge in [0.05, 0.1) is 19.0 Å². The lowest BCUT2D eigenvalue weighted by molar-refractivity contribution is 0.0955. The van der Waals surface area contributed by atoms with Crippen LogP contribution in [0.1, 0.15) is 22.8 Å². The smallest absolute Gasteiger partial charge is 0.251 e. The molecule has 4 rings (SSSR count). The first kappa shape index (κ1) is 27.3. The van der Waals surface area contributed by atoms with Gasteiger partial charge < -0.3 is 20.3 Å². The van der Waals surface area contributed by atoms with Crippen molar-refractivity contribution < 1.29 is 22.3 Å².